The van der Waals surface area contributed by atoms with Gasteiger partial charge in [0.15, 0.2) is 0 Å². The summed E-state index contributed by atoms with van der Waals surface area (Å²) in [6, 6.07) is 0.397. The van der Waals surface area contributed by atoms with Crippen LogP contribution in [-0.2, 0) is 14.8 Å². The molecule has 2 aliphatic heterocycles. The number of methoxy groups -OCH3 is 1. The molecule has 3 heterocycles. The summed E-state index contributed by atoms with van der Waals surface area (Å²) < 4.78 is 37.8. The molecule has 2 aliphatic rings. The van der Waals surface area contributed by atoms with Gasteiger partial charge in [-0.05, 0) is 39.2 Å². The Morgan fingerprint density at radius 2 is 2.00 bits per heavy atom. The zero-order chi connectivity index (χ0) is 16.8. The zero-order valence-corrected chi connectivity index (χ0v) is 15.6. The first-order valence-electron chi connectivity index (χ1n) is 7.78. The Bertz CT molecular complexity index is 730. The van der Waals surface area contributed by atoms with Crippen LogP contribution in [0.2, 0.25) is 0 Å². The van der Waals surface area contributed by atoms with Gasteiger partial charge in [0.1, 0.15) is 22.0 Å². The molecule has 0 aliphatic carbocycles. The van der Waals surface area contributed by atoms with Crippen molar-refractivity contribution in [2.24, 2.45) is 5.92 Å². The third-order valence-corrected chi connectivity index (χ3v) is 6.83. The van der Waals surface area contributed by atoms with E-state index in [4.69, 9.17) is 9.15 Å². The second-order valence-corrected chi connectivity index (χ2v) is 8.05. The highest BCUT2D eigenvalue weighted by Crippen LogP contribution is 2.33. The van der Waals surface area contributed by atoms with Gasteiger partial charge in [-0.2, -0.15) is 4.31 Å². The normalized spacial score (nSPS) is 24.3. The molecule has 2 saturated heterocycles. The van der Waals surface area contributed by atoms with Gasteiger partial charge in [-0.15, -0.1) is 12.4 Å². The summed E-state index contributed by atoms with van der Waals surface area (Å²) in [7, 11) is -2.55. The molecular formula is C15H23ClN2O5S. The summed E-state index contributed by atoms with van der Waals surface area (Å²) in [5.41, 5.74) is 0.0108. The highest BCUT2D eigenvalue weighted by Gasteiger charge is 2.41. The van der Waals surface area contributed by atoms with Crippen LogP contribution in [0.5, 0.6) is 0 Å². The molecule has 0 bridgehead atoms. The molecule has 0 aromatic carbocycles. The number of nitrogens with one attached hydrogen (secondary N) is 1. The van der Waals surface area contributed by atoms with E-state index in [9.17, 15) is 13.2 Å². The maximum absolute atomic E-state index is 13.1. The summed E-state index contributed by atoms with van der Waals surface area (Å²) in [5, 5.41) is 3.41. The molecule has 1 aromatic rings. The van der Waals surface area contributed by atoms with E-state index in [0.717, 1.165) is 19.4 Å². The van der Waals surface area contributed by atoms with Crippen LogP contribution in [0.15, 0.2) is 9.31 Å². The molecule has 0 spiro atoms. The predicted molar refractivity (Wildman–Crippen MR) is 90.0 cm³/mol. The zero-order valence-electron chi connectivity index (χ0n) is 14.0. The van der Waals surface area contributed by atoms with Crippen LogP contribution in [0.1, 0.15) is 34.7 Å². The molecule has 136 valence electrons. The van der Waals surface area contributed by atoms with Gasteiger partial charge in [0.25, 0.3) is 0 Å². The van der Waals surface area contributed by atoms with Gasteiger partial charge in [-0.3, -0.25) is 0 Å². The maximum atomic E-state index is 13.1. The Morgan fingerprint density at radius 3 is 2.67 bits per heavy atom. The highest BCUT2D eigenvalue weighted by molar-refractivity contribution is 7.89. The van der Waals surface area contributed by atoms with Crippen molar-refractivity contribution in [1.82, 2.24) is 9.62 Å². The second-order valence-electron chi connectivity index (χ2n) is 6.17. The van der Waals surface area contributed by atoms with Crippen LogP contribution >= 0.6 is 12.4 Å². The van der Waals surface area contributed by atoms with Crippen molar-refractivity contribution in [3.8, 4) is 0 Å². The lowest BCUT2D eigenvalue weighted by Crippen LogP contribution is -2.47. The van der Waals surface area contributed by atoms with Crippen molar-refractivity contribution >= 4 is 28.4 Å². The summed E-state index contributed by atoms with van der Waals surface area (Å²) in [4.78, 5) is 12.0. The Kier molecular flexibility index (Phi) is 5.64. The molecule has 3 rings (SSSR count). The van der Waals surface area contributed by atoms with Crippen molar-refractivity contribution in [2.45, 2.75) is 37.6 Å². The van der Waals surface area contributed by atoms with Crippen molar-refractivity contribution in [1.29, 1.82) is 0 Å². The number of sulfonamides is 1. The number of piperidine rings is 1. The van der Waals surface area contributed by atoms with E-state index in [-0.39, 0.29) is 34.4 Å². The van der Waals surface area contributed by atoms with E-state index in [1.807, 2.05) is 0 Å². The van der Waals surface area contributed by atoms with Gasteiger partial charge < -0.3 is 14.5 Å². The van der Waals surface area contributed by atoms with E-state index in [1.165, 1.54) is 11.4 Å². The molecule has 1 aromatic heterocycles. The van der Waals surface area contributed by atoms with E-state index in [1.54, 1.807) is 13.8 Å². The average molecular weight is 379 g/mol. The average Bonchev–Trinajstić information content (AvgIpc) is 3.09. The molecule has 0 radical (unpaired) electrons. The lowest BCUT2D eigenvalue weighted by molar-refractivity contribution is 0.0594. The third kappa shape index (κ3) is 3.08. The maximum Gasteiger partial charge on any atom is 0.342 e. The molecule has 7 nitrogen and oxygen atoms in total. The minimum atomic E-state index is -3.79. The Morgan fingerprint density at radius 1 is 1.29 bits per heavy atom. The third-order valence-electron chi connectivity index (χ3n) is 4.81. The molecule has 2 fully saturated rings. The van der Waals surface area contributed by atoms with E-state index in [2.05, 4.69) is 5.32 Å². The standard InChI is InChI=1S/C15H22N2O5S.ClH/c1-9-13(15(18)21-3)14(10(2)22-9)23(19,20)17-7-5-12-11(8-17)4-6-16-12;/h11-12,16H,4-8H2,1-3H3;1H. The van der Waals surface area contributed by atoms with Gasteiger partial charge in [0.2, 0.25) is 10.0 Å². The number of esters is 1. The quantitative estimate of drug-likeness (QED) is 0.801. The number of nitrogens with zero attached hydrogens (tertiary/aromatic N) is 1. The Hall–Kier alpha value is -1.09. The van der Waals surface area contributed by atoms with Crippen molar-refractivity contribution < 1.29 is 22.4 Å². The molecule has 9 heteroatoms. The molecule has 2 atom stereocenters. The summed E-state index contributed by atoms with van der Waals surface area (Å²) in [6.45, 7) is 4.99. The topological polar surface area (TPSA) is 88.8 Å². The second kappa shape index (κ2) is 7.03. The van der Waals surface area contributed by atoms with Crippen LogP contribution in [0.3, 0.4) is 0 Å². The molecule has 0 saturated carbocycles. The largest absolute Gasteiger partial charge is 0.465 e. The first-order valence-corrected chi connectivity index (χ1v) is 9.22. The first kappa shape index (κ1) is 19.2. The number of fused-ring (bicyclic) bond motifs is 1. The van der Waals surface area contributed by atoms with Gasteiger partial charge in [-0.1, -0.05) is 0 Å². The van der Waals surface area contributed by atoms with Gasteiger partial charge in [0, 0.05) is 19.1 Å². The number of hydrogen-bond acceptors (Lipinski definition) is 6. The highest BCUT2D eigenvalue weighted by atomic mass is 35.5. The molecule has 0 amide bonds. The Labute approximate surface area is 148 Å². The number of furan rings is 1. The summed E-state index contributed by atoms with van der Waals surface area (Å²) in [5.74, 6) is 0.142. The van der Waals surface area contributed by atoms with Crippen molar-refractivity contribution in [3.05, 3.63) is 17.1 Å². The fraction of sp³-hybridized carbons (Fsp3) is 0.667. The van der Waals surface area contributed by atoms with E-state index < -0.39 is 16.0 Å². The number of carbonyl (C=O) groups excluding carboxylic acids is 1. The van der Waals surface area contributed by atoms with Crippen LogP contribution in [0.25, 0.3) is 0 Å². The number of carbonyl (C=O) groups is 1. The minimum Gasteiger partial charge on any atom is -0.465 e. The fourth-order valence-corrected chi connectivity index (χ4v) is 5.56. The molecular weight excluding hydrogens is 356 g/mol. The summed E-state index contributed by atoms with van der Waals surface area (Å²) in [6.07, 6.45) is 1.76. The SMILES string of the molecule is COC(=O)c1c(C)oc(C)c1S(=O)(=O)N1CCC2NCCC2C1.Cl. The number of hydrogen-bond donors (Lipinski definition) is 1. The van der Waals surface area contributed by atoms with Crippen LogP contribution in [0.4, 0.5) is 0 Å². The molecule has 2 unspecified atom stereocenters. The predicted octanol–water partition coefficient (Wildman–Crippen LogP) is 1.48. The fourth-order valence-electron chi connectivity index (χ4n) is 3.67. The Balaban J connectivity index is 0.00000208. The number of halogens is 1. The number of aryl methyl sites for hydroxylation is 2. The van der Waals surface area contributed by atoms with Crippen molar-refractivity contribution in [3.63, 3.8) is 0 Å². The van der Waals surface area contributed by atoms with E-state index in [0.29, 0.717) is 25.0 Å². The molecule has 1 N–H and O–H groups in total. The molecule has 24 heavy (non-hydrogen) atoms. The van der Waals surface area contributed by atoms with Crippen LogP contribution in [-0.4, -0.2) is 51.5 Å². The van der Waals surface area contributed by atoms with Crippen LogP contribution in [0, 0.1) is 19.8 Å². The van der Waals surface area contributed by atoms with Crippen LogP contribution < -0.4 is 5.32 Å². The van der Waals surface area contributed by atoms with Gasteiger partial charge >= 0.3 is 5.97 Å². The van der Waals surface area contributed by atoms with E-state index >= 15 is 0 Å². The van der Waals surface area contributed by atoms with Crippen molar-refractivity contribution in [2.75, 3.05) is 26.7 Å². The summed E-state index contributed by atoms with van der Waals surface area (Å²) >= 11 is 0. The lowest BCUT2D eigenvalue weighted by atomic mass is 9.95. The number of rotatable bonds is 3. The minimum absolute atomic E-state index is 0. The lowest BCUT2D eigenvalue weighted by Gasteiger charge is -2.33. The number of ether oxygens (including phenoxy) is 1. The van der Waals surface area contributed by atoms with Gasteiger partial charge in [-0.25, -0.2) is 13.2 Å². The smallest absolute Gasteiger partial charge is 0.342 e. The monoisotopic (exact) mass is 378 g/mol. The van der Waals surface area contributed by atoms with Gasteiger partial charge in [0.05, 0.1) is 7.11 Å². The first-order chi connectivity index (χ1) is 10.9.